The molecule has 0 amide bonds. The molecule has 0 radical (unpaired) electrons. The van der Waals surface area contributed by atoms with Gasteiger partial charge in [-0.25, -0.2) is 13.2 Å². The van der Waals surface area contributed by atoms with Crippen molar-refractivity contribution in [1.82, 2.24) is 10.2 Å². The highest BCUT2D eigenvalue weighted by atomic mass is 19.3. The third-order valence-corrected chi connectivity index (χ3v) is 2.15. The fraction of sp³-hybridized carbons (Fsp3) is 0.100. The van der Waals surface area contributed by atoms with Crippen LogP contribution in [0.2, 0.25) is 0 Å². The monoisotopic (exact) mass is 227 g/mol. The Morgan fingerprint density at radius 2 is 2.06 bits per heavy atom. The Morgan fingerprint density at radius 3 is 2.69 bits per heavy atom. The highest BCUT2D eigenvalue weighted by Gasteiger charge is 2.20. The summed E-state index contributed by atoms with van der Waals surface area (Å²) in [5, 5.41) is 5.64. The quantitative estimate of drug-likeness (QED) is 0.828. The maximum atomic E-state index is 13.0. The highest BCUT2D eigenvalue weighted by Crippen LogP contribution is 2.33. The summed E-state index contributed by atoms with van der Waals surface area (Å²) < 4.78 is 38.2. The van der Waals surface area contributed by atoms with Crippen LogP contribution in [0.1, 0.15) is 12.1 Å². The van der Waals surface area contributed by atoms with E-state index in [9.17, 15) is 13.2 Å². The Morgan fingerprint density at radius 1 is 1.31 bits per heavy atom. The van der Waals surface area contributed by atoms with Crippen molar-refractivity contribution in [1.29, 1.82) is 0 Å². The number of hydrogen-bond donors (Lipinski definition) is 2. The number of nitrogen functional groups attached to an aromatic ring is 1. The molecule has 0 atom stereocenters. The lowest BCUT2D eigenvalue weighted by Gasteiger charge is -2.03. The van der Waals surface area contributed by atoms with E-state index in [1.54, 1.807) is 0 Å². The summed E-state index contributed by atoms with van der Waals surface area (Å²) in [6.07, 6.45) is -2.73. The standard InChI is InChI=1S/C10H8F3N3/c11-6-3-1-2-5(4-6)7-8(9(12)13)15-16-10(7)14/h1-4,9H,(H3,14,15,16). The number of H-pyrrole nitrogens is 1. The number of aromatic amines is 1. The van der Waals surface area contributed by atoms with Gasteiger partial charge < -0.3 is 5.73 Å². The van der Waals surface area contributed by atoms with Gasteiger partial charge in [-0.05, 0) is 17.7 Å². The molecule has 0 fully saturated rings. The summed E-state index contributed by atoms with van der Waals surface area (Å²) in [6.45, 7) is 0. The zero-order chi connectivity index (χ0) is 11.7. The van der Waals surface area contributed by atoms with E-state index < -0.39 is 17.9 Å². The van der Waals surface area contributed by atoms with Gasteiger partial charge >= 0.3 is 0 Å². The smallest absolute Gasteiger partial charge is 0.280 e. The number of benzene rings is 1. The minimum Gasteiger partial charge on any atom is -0.382 e. The zero-order valence-corrected chi connectivity index (χ0v) is 8.05. The van der Waals surface area contributed by atoms with Crippen LogP contribution in [0.15, 0.2) is 24.3 Å². The van der Waals surface area contributed by atoms with E-state index in [0.29, 0.717) is 0 Å². The number of nitrogens with two attached hydrogens (primary N) is 1. The van der Waals surface area contributed by atoms with E-state index in [1.807, 2.05) is 0 Å². The summed E-state index contributed by atoms with van der Waals surface area (Å²) in [6, 6.07) is 5.28. The summed E-state index contributed by atoms with van der Waals surface area (Å²) in [7, 11) is 0. The van der Waals surface area contributed by atoms with Crippen molar-refractivity contribution < 1.29 is 13.2 Å². The fourth-order valence-corrected chi connectivity index (χ4v) is 1.48. The molecule has 1 heterocycles. The van der Waals surface area contributed by atoms with Crippen LogP contribution in [-0.4, -0.2) is 10.2 Å². The summed E-state index contributed by atoms with van der Waals surface area (Å²) >= 11 is 0. The minimum atomic E-state index is -2.73. The van der Waals surface area contributed by atoms with Crippen molar-refractivity contribution >= 4 is 5.82 Å². The number of halogens is 3. The first-order valence-corrected chi connectivity index (χ1v) is 4.47. The molecule has 2 rings (SSSR count). The van der Waals surface area contributed by atoms with Crippen molar-refractivity contribution in [3.8, 4) is 11.1 Å². The Labute approximate surface area is 89.1 Å². The lowest BCUT2D eigenvalue weighted by atomic mass is 10.1. The highest BCUT2D eigenvalue weighted by molar-refractivity contribution is 5.76. The van der Waals surface area contributed by atoms with Crippen LogP contribution in [0, 0.1) is 5.82 Å². The van der Waals surface area contributed by atoms with E-state index in [4.69, 9.17) is 5.73 Å². The van der Waals surface area contributed by atoms with Gasteiger partial charge in [0.2, 0.25) is 0 Å². The van der Waals surface area contributed by atoms with Gasteiger partial charge in [0.15, 0.2) is 5.82 Å². The molecule has 6 heteroatoms. The van der Waals surface area contributed by atoms with E-state index in [1.165, 1.54) is 18.2 Å². The average molecular weight is 227 g/mol. The zero-order valence-electron chi connectivity index (χ0n) is 8.05. The predicted molar refractivity (Wildman–Crippen MR) is 53.4 cm³/mol. The predicted octanol–water partition coefficient (Wildman–Crippen LogP) is 2.74. The SMILES string of the molecule is Nc1n[nH]c(C(F)F)c1-c1cccc(F)c1. The van der Waals surface area contributed by atoms with Crippen LogP contribution in [0.3, 0.4) is 0 Å². The van der Waals surface area contributed by atoms with Gasteiger partial charge in [-0.3, -0.25) is 5.10 Å². The van der Waals surface area contributed by atoms with Crippen LogP contribution in [-0.2, 0) is 0 Å². The molecule has 84 valence electrons. The van der Waals surface area contributed by atoms with Crippen molar-refractivity contribution in [2.75, 3.05) is 5.73 Å². The molecule has 0 saturated carbocycles. The number of alkyl halides is 2. The molecule has 0 saturated heterocycles. The van der Waals surface area contributed by atoms with Gasteiger partial charge in [0.25, 0.3) is 6.43 Å². The number of rotatable bonds is 2. The second-order valence-corrected chi connectivity index (χ2v) is 3.21. The maximum Gasteiger partial charge on any atom is 0.280 e. The first-order chi connectivity index (χ1) is 7.59. The van der Waals surface area contributed by atoms with E-state index in [2.05, 4.69) is 10.2 Å². The van der Waals surface area contributed by atoms with E-state index in [-0.39, 0.29) is 16.9 Å². The number of anilines is 1. The van der Waals surface area contributed by atoms with Gasteiger partial charge in [0.1, 0.15) is 11.5 Å². The number of nitrogens with zero attached hydrogens (tertiary/aromatic N) is 1. The number of hydrogen-bond acceptors (Lipinski definition) is 2. The summed E-state index contributed by atoms with van der Waals surface area (Å²) in [5.41, 5.74) is 5.39. The lowest BCUT2D eigenvalue weighted by Crippen LogP contribution is -1.92. The second kappa shape index (κ2) is 3.88. The third kappa shape index (κ3) is 1.73. The lowest BCUT2D eigenvalue weighted by molar-refractivity contribution is 0.146. The van der Waals surface area contributed by atoms with Crippen LogP contribution >= 0.6 is 0 Å². The van der Waals surface area contributed by atoms with E-state index in [0.717, 1.165) is 6.07 Å². The average Bonchev–Trinajstić information content (AvgIpc) is 2.60. The van der Waals surface area contributed by atoms with E-state index >= 15 is 0 Å². The third-order valence-electron chi connectivity index (χ3n) is 2.15. The summed E-state index contributed by atoms with van der Waals surface area (Å²) in [5.74, 6) is -0.584. The molecule has 16 heavy (non-hydrogen) atoms. The van der Waals surface area contributed by atoms with Gasteiger partial charge in [-0.1, -0.05) is 12.1 Å². The van der Waals surface area contributed by atoms with Crippen molar-refractivity contribution in [2.24, 2.45) is 0 Å². The maximum absolute atomic E-state index is 13.0. The molecule has 0 aliphatic heterocycles. The Hall–Kier alpha value is -1.98. The first-order valence-electron chi connectivity index (χ1n) is 4.47. The molecular formula is C10H8F3N3. The topological polar surface area (TPSA) is 54.7 Å². The van der Waals surface area contributed by atoms with Crippen LogP contribution in [0.5, 0.6) is 0 Å². The molecule has 2 aromatic rings. The summed E-state index contributed by atoms with van der Waals surface area (Å²) in [4.78, 5) is 0. The molecule has 0 aliphatic carbocycles. The molecule has 0 spiro atoms. The van der Waals surface area contributed by atoms with Crippen LogP contribution < -0.4 is 5.73 Å². The normalized spacial score (nSPS) is 11.0. The molecule has 0 unspecified atom stereocenters. The molecule has 1 aromatic carbocycles. The van der Waals surface area contributed by atoms with Gasteiger partial charge in [-0.2, -0.15) is 5.10 Å². The van der Waals surface area contributed by atoms with Crippen molar-refractivity contribution in [3.63, 3.8) is 0 Å². The number of aromatic nitrogens is 2. The van der Waals surface area contributed by atoms with Gasteiger partial charge in [0, 0.05) is 0 Å². The molecule has 0 aliphatic rings. The Bertz CT molecular complexity index is 508. The molecule has 1 aromatic heterocycles. The first kappa shape index (κ1) is 10.5. The van der Waals surface area contributed by atoms with Crippen LogP contribution in [0.4, 0.5) is 19.0 Å². The minimum absolute atomic E-state index is 0.0505. The Kier molecular flexibility index (Phi) is 2.55. The molecular weight excluding hydrogens is 219 g/mol. The van der Waals surface area contributed by atoms with Crippen molar-refractivity contribution in [2.45, 2.75) is 6.43 Å². The molecule has 3 N–H and O–H groups in total. The second-order valence-electron chi connectivity index (χ2n) is 3.21. The van der Waals surface area contributed by atoms with Crippen LogP contribution in [0.25, 0.3) is 11.1 Å². The largest absolute Gasteiger partial charge is 0.382 e. The molecule has 0 bridgehead atoms. The number of nitrogens with one attached hydrogen (secondary N) is 1. The Balaban J connectivity index is 2.59. The fourth-order valence-electron chi connectivity index (χ4n) is 1.48. The van der Waals surface area contributed by atoms with Crippen molar-refractivity contribution in [3.05, 3.63) is 35.8 Å². The van der Waals surface area contributed by atoms with Gasteiger partial charge in [-0.15, -0.1) is 0 Å². The van der Waals surface area contributed by atoms with Gasteiger partial charge in [0.05, 0.1) is 5.56 Å². The molecule has 3 nitrogen and oxygen atoms in total.